The van der Waals surface area contributed by atoms with Crippen LogP contribution in [0, 0.1) is 0 Å². The number of carbonyl (C=O) groups is 1. The van der Waals surface area contributed by atoms with Crippen LogP contribution in [0.3, 0.4) is 0 Å². The first-order valence-corrected chi connectivity index (χ1v) is 10.1. The van der Waals surface area contributed by atoms with E-state index in [2.05, 4.69) is 4.98 Å². The van der Waals surface area contributed by atoms with E-state index >= 15 is 0 Å². The first-order valence-electron chi connectivity index (χ1n) is 10.1. The molecule has 0 radical (unpaired) electrons. The number of ether oxygens (including phenoxy) is 1. The monoisotopic (exact) mass is 443 g/mol. The van der Waals surface area contributed by atoms with Crippen molar-refractivity contribution in [1.82, 2.24) is 4.98 Å². The quantitative estimate of drug-likeness (QED) is 0.501. The molecule has 0 aliphatic heterocycles. The van der Waals surface area contributed by atoms with Crippen molar-refractivity contribution in [2.75, 3.05) is 0 Å². The summed E-state index contributed by atoms with van der Waals surface area (Å²) < 4.78 is 50.2. The van der Waals surface area contributed by atoms with Gasteiger partial charge in [-0.2, -0.15) is 13.2 Å². The molecule has 0 saturated carbocycles. The van der Waals surface area contributed by atoms with Crippen molar-refractivity contribution in [2.45, 2.75) is 38.5 Å². The lowest BCUT2D eigenvalue weighted by Crippen LogP contribution is -2.20. The average Bonchev–Trinajstić information content (AvgIpc) is 3.26. The summed E-state index contributed by atoms with van der Waals surface area (Å²) in [5.74, 6) is -1.14. The van der Waals surface area contributed by atoms with E-state index in [9.17, 15) is 23.1 Å². The van der Waals surface area contributed by atoms with Crippen molar-refractivity contribution in [1.29, 1.82) is 0 Å². The highest BCUT2D eigenvalue weighted by Crippen LogP contribution is 2.38. The number of alkyl halides is 3. The van der Waals surface area contributed by atoms with E-state index < -0.39 is 23.8 Å². The lowest BCUT2D eigenvalue weighted by molar-refractivity contribution is -0.146. The average molecular weight is 443 g/mol. The fourth-order valence-corrected chi connectivity index (χ4v) is 3.85. The highest BCUT2D eigenvalue weighted by Gasteiger charge is 2.32. The van der Waals surface area contributed by atoms with E-state index in [4.69, 9.17) is 9.15 Å². The Morgan fingerprint density at radius 1 is 1.22 bits per heavy atom. The summed E-state index contributed by atoms with van der Waals surface area (Å²) in [5.41, 5.74) is 2.54. The van der Waals surface area contributed by atoms with Gasteiger partial charge < -0.3 is 14.3 Å². The third-order valence-electron chi connectivity index (χ3n) is 5.40. The molecule has 1 aliphatic carbocycles. The van der Waals surface area contributed by atoms with Crippen LogP contribution in [0.15, 0.2) is 59.2 Å². The standard InChI is InChI=1S/C24H20F3NO4/c1-2-14-6-4-10-18-17(14)9-5-11-20(18)32-21(23(29)30)22-28-19(13-31-22)15-7-3-8-16(12-15)24(25,26)27/h2-3,5,7-9,11-13,21H,4,6,10H2,1H3,(H,29,30). The molecule has 0 fully saturated rings. The summed E-state index contributed by atoms with van der Waals surface area (Å²) in [6.07, 6.45) is -0.284. The van der Waals surface area contributed by atoms with E-state index in [-0.39, 0.29) is 17.1 Å². The Bertz CT molecular complexity index is 1180. The van der Waals surface area contributed by atoms with Gasteiger partial charge in [0.05, 0.1) is 5.56 Å². The van der Waals surface area contributed by atoms with Gasteiger partial charge in [-0.3, -0.25) is 0 Å². The number of hydrogen-bond donors (Lipinski definition) is 1. The number of aliphatic carboxylic acids is 1. The minimum absolute atomic E-state index is 0.0900. The Hall–Kier alpha value is -3.55. The molecule has 1 unspecified atom stereocenters. The van der Waals surface area contributed by atoms with Gasteiger partial charge in [0, 0.05) is 11.1 Å². The predicted octanol–water partition coefficient (Wildman–Crippen LogP) is 6.30. The molecular weight excluding hydrogens is 423 g/mol. The lowest BCUT2D eigenvalue weighted by atomic mass is 9.87. The minimum Gasteiger partial charge on any atom is -0.478 e. The second-order valence-electron chi connectivity index (χ2n) is 7.44. The molecule has 3 aromatic rings. The summed E-state index contributed by atoms with van der Waals surface area (Å²) >= 11 is 0. The SMILES string of the molecule is CC=C1CCCc2c(OC(C(=O)O)c3nc(-c4cccc(C(F)(F)F)c4)co3)cccc21. The first kappa shape index (κ1) is 21.7. The van der Waals surface area contributed by atoms with Gasteiger partial charge in [-0.25, -0.2) is 9.78 Å². The van der Waals surface area contributed by atoms with E-state index in [0.29, 0.717) is 5.75 Å². The van der Waals surface area contributed by atoms with Gasteiger partial charge >= 0.3 is 12.1 Å². The Morgan fingerprint density at radius 3 is 2.72 bits per heavy atom. The molecule has 0 amide bonds. The van der Waals surface area contributed by atoms with E-state index in [1.807, 2.05) is 19.1 Å². The van der Waals surface area contributed by atoms with Gasteiger partial charge in [0.2, 0.25) is 5.89 Å². The number of halogens is 3. The van der Waals surface area contributed by atoms with E-state index in [1.165, 1.54) is 17.7 Å². The molecule has 1 aromatic heterocycles. The Kier molecular flexibility index (Phi) is 5.78. The van der Waals surface area contributed by atoms with Crippen molar-refractivity contribution < 1.29 is 32.2 Å². The van der Waals surface area contributed by atoms with Gasteiger partial charge in [0.1, 0.15) is 17.7 Å². The normalized spacial score (nSPS) is 15.9. The molecule has 32 heavy (non-hydrogen) atoms. The van der Waals surface area contributed by atoms with Crippen LogP contribution in [0.25, 0.3) is 16.8 Å². The molecule has 0 bridgehead atoms. The van der Waals surface area contributed by atoms with Crippen LogP contribution in [-0.4, -0.2) is 16.1 Å². The van der Waals surface area contributed by atoms with Crippen LogP contribution >= 0.6 is 0 Å². The molecule has 8 heteroatoms. The van der Waals surface area contributed by atoms with Crippen molar-refractivity contribution in [3.05, 3.63) is 77.4 Å². The molecule has 5 nitrogen and oxygen atoms in total. The van der Waals surface area contributed by atoms with Crippen molar-refractivity contribution >= 4 is 11.5 Å². The Labute approximate surface area is 182 Å². The smallest absolute Gasteiger partial charge is 0.416 e. The third-order valence-corrected chi connectivity index (χ3v) is 5.40. The summed E-state index contributed by atoms with van der Waals surface area (Å²) in [7, 11) is 0. The topological polar surface area (TPSA) is 72.6 Å². The second-order valence-corrected chi connectivity index (χ2v) is 7.44. The Balaban J connectivity index is 1.65. The number of allylic oxidation sites excluding steroid dienone is 2. The maximum absolute atomic E-state index is 13.0. The summed E-state index contributed by atoms with van der Waals surface area (Å²) in [4.78, 5) is 16.1. The number of carboxylic acid groups (broad SMARTS) is 1. The number of aromatic nitrogens is 1. The number of oxazole rings is 1. The van der Waals surface area contributed by atoms with Crippen LogP contribution < -0.4 is 4.74 Å². The molecule has 4 rings (SSSR count). The molecule has 1 N–H and O–H groups in total. The maximum Gasteiger partial charge on any atom is 0.416 e. The number of nitrogens with zero attached hydrogens (tertiary/aromatic N) is 1. The van der Waals surface area contributed by atoms with Crippen molar-refractivity contribution in [2.24, 2.45) is 0 Å². The number of benzene rings is 2. The lowest BCUT2D eigenvalue weighted by Gasteiger charge is -2.23. The summed E-state index contributed by atoms with van der Waals surface area (Å²) in [5, 5.41) is 9.74. The highest BCUT2D eigenvalue weighted by molar-refractivity contribution is 5.75. The molecule has 166 valence electrons. The van der Waals surface area contributed by atoms with Crippen LogP contribution in [0.5, 0.6) is 5.75 Å². The van der Waals surface area contributed by atoms with Crippen molar-refractivity contribution in [3.8, 4) is 17.0 Å². The molecule has 1 heterocycles. The molecule has 0 spiro atoms. The zero-order valence-corrected chi connectivity index (χ0v) is 17.1. The first-order chi connectivity index (χ1) is 15.3. The van der Waals surface area contributed by atoms with Crippen LogP contribution in [0.4, 0.5) is 13.2 Å². The van der Waals surface area contributed by atoms with Gasteiger partial charge in [-0.05, 0) is 55.5 Å². The van der Waals surface area contributed by atoms with Crippen LogP contribution in [0.1, 0.15) is 48.5 Å². The van der Waals surface area contributed by atoms with Crippen LogP contribution in [-0.2, 0) is 17.4 Å². The highest BCUT2D eigenvalue weighted by atomic mass is 19.4. The Morgan fingerprint density at radius 2 is 2.00 bits per heavy atom. The zero-order chi connectivity index (χ0) is 22.9. The van der Waals surface area contributed by atoms with Gasteiger partial charge in [0.25, 0.3) is 6.10 Å². The molecule has 0 saturated heterocycles. The number of carboxylic acids is 1. The third kappa shape index (κ3) is 4.26. The largest absolute Gasteiger partial charge is 0.478 e. The number of rotatable bonds is 5. The fraction of sp³-hybridized carbons (Fsp3) is 0.250. The van der Waals surface area contributed by atoms with Gasteiger partial charge in [-0.1, -0.05) is 30.3 Å². The van der Waals surface area contributed by atoms with Gasteiger partial charge in [0.15, 0.2) is 0 Å². The number of hydrogen-bond acceptors (Lipinski definition) is 4. The second kappa shape index (κ2) is 8.53. The zero-order valence-electron chi connectivity index (χ0n) is 17.1. The predicted molar refractivity (Wildman–Crippen MR) is 111 cm³/mol. The maximum atomic E-state index is 13.0. The van der Waals surface area contributed by atoms with Crippen LogP contribution in [0.2, 0.25) is 0 Å². The minimum atomic E-state index is -4.51. The van der Waals surface area contributed by atoms with Crippen molar-refractivity contribution in [3.63, 3.8) is 0 Å². The molecule has 2 aromatic carbocycles. The fourth-order valence-electron chi connectivity index (χ4n) is 3.85. The summed E-state index contributed by atoms with van der Waals surface area (Å²) in [6.45, 7) is 1.96. The summed E-state index contributed by atoms with van der Waals surface area (Å²) in [6, 6.07) is 10.1. The van der Waals surface area contributed by atoms with E-state index in [1.54, 1.807) is 12.1 Å². The molecular formula is C24H20F3NO4. The molecule has 1 aliphatic rings. The van der Waals surface area contributed by atoms with Gasteiger partial charge in [-0.15, -0.1) is 0 Å². The van der Waals surface area contributed by atoms with E-state index in [0.717, 1.165) is 48.8 Å². The molecule has 1 atom stereocenters. The number of fused-ring (bicyclic) bond motifs is 1.